The molecule has 0 spiro atoms. The molecular formula is C22H28N4O3S. The average molecular weight is 429 g/mol. The molecule has 0 bridgehead atoms. The van der Waals surface area contributed by atoms with Crippen LogP contribution in [0.15, 0.2) is 29.3 Å². The second kappa shape index (κ2) is 9.64. The van der Waals surface area contributed by atoms with Gasteiger partial charge in [0, 0.05) is 43.9 Å². The Morgan fingerprint density at radius 3 is 2.27 bits per heavy atom. The summed E-state index contributed by atoms with van der Waals surface area (Å²) in [6.07, 6.45) is 6.81. The first-order valence-corrected chi connectivity index (χ1v) is 11.7. The highest BCUT2D eigenvalue weighted by molar-refractivity contribution is 8.15. The maximum atomic E-state index is 12.7. The van der Waals surface area contributed by atoms with Gasteiger partial charge in [0.15, 0.2) is 5.17 Å². The van der Waals surface area contributed by atoms with Crippen LogP contribution in [0.5, 0.6) is 0 Å². The van der Waals surface area contributed by atoms with Crippen molar-refractivity contribution in [1.29, 1.82) is 0 Å². The molecule has 1 atom stereocenters. The fraction of sp³-hybridized carbons (Fsp3) is 0.545. The molecule has 3 amide bonds. The topological polar surface area (TPSA) is 82.1 Å². The van der Waals surface area contributed by atoms with Crippen molar-refractivity contribution in [2.24, 2.45) is 4.99 Å². The molecule has 0 aromatic heterocycles. The molecule has 30 heavy (non-hydrogen) atoms. The Balaban J connectivity index is 1.28. The minimum absolute atomic E-state index is 0.0503. The highest BCUT2D eigenvalue weighted by Gasteiger charge is 2.33. The zero-order chi connectivity index (χ0) is 20.9. The van der Waals surface area contributed by atoms with Crippen LogP contribution in [0.25, 0.3) is 0 Å². The van der Waals surface area contributed by atoms with E-state index in [0.717, 1.165) is 57.0 Å². The van der Waals surface area contributed by atoms with Crippen molar-refractivity contribution < 1.29 is 14.4 Å². The number of benzene rings is 1. The Bertz CT molecular complexity index is 825. The quantitative estimate of drug-likeness (QED) is 0.797. The lowest BCUT2D eigenvalue weighted by atomic mass is 10.1. The SMILES string of the molecule is O=C(CC1SC(N2CCCC2)=NC1=O)Nc1ccc(C(=O)N2CCCCCC2)cc1. The third-order valence-electron chi connectivity index (χ3n) is 5.79. The van der Waals surface area contributed by atoms with E-state index in [0.29, 0.717) is 11.3 Å². The van der Waals surface area contributed by atoms with Crippen molar-refractivity contribution in [3.63, 3.8) is 0 Å². The van der Waals surface area contributed by atoms with E-state index >= 15 is 0 Å². The normalized spacial score (nSPS) is 22.1. The zero-order valence-corrected chi connectivity index (χ0v) is 18.0. The molecule has 1 N–H and O–H groups in total. The van der Waals surface area contributed by atoms with Gasteiger partial charge >= 0.3 is 0 Å². The van der Waals surface area contributed by atoms with Crippen LogP contribution in [-0.2, 0) is 9.59 Å². The Morgan fingerprint density at radius 1 is 0.967 bits per heavy atom. The molecule has 160 valence electrons. The summed E-state index contributed by atoms with van der Waals surface area (Å²) < 4.78 is 0. The summed E-state index contributed by atoms with van der Waals surface area (Å²) in [6.45, 7) is 3.48. The number of thioether (sulfide) groups is 1. The maximum Gasteiger partial charge on any atom is 0.262 e. The predicted molar refractivity (Wildman–Crippen MR) is 119 cm³/mol. The highest BCUT2D eigenvalue weighted by Crippen LogP contribution is 2.29. The maximum absolute atomic E-state index is 12.7. The Kier molecular flexibility index (Phi) is 6.72. The van der Waals surface area contributed by atoms with Crippen LogP contribution in [0.2, 0.25) is 0 Å². The van der Waals surface area contributed by atoms with Gasteiger partial charge < -0.3 is 15.1 Å². The second-order valence-corrected chi connectivity index (χ2v) is 9.24. The largest absolute Gasteiger partial charge is 0.351 e. The summed E-state index contributed by atoms with van der Waals surface area (Å²) >= 11 is 1.39. The van der Waals surface area contributed by atoms with Crippen molar-refractivity contribution in [3.05, 3.63) is 29.8 Å². The molecule has 2 fully saturated rings. The van der Waals surface area contributed by atoms with Gasteiger partial charge in [0.1, 0.15) is 5.25 Å². The number of likely N-dealkylation sites (tertiary alicyclic amines) is 2. The van der Waals surface area contributed by atoms with Gasteiger partial charge in [-0.3, -0.25) is 14.4 Å². The zero-order valence-electron chi connectivity index (χ0n) is 17.1. The second-order valence-electron chi connectivity index (χ2n) is 8.07. The Labute approximate surface area is 181 Å². The minimum Gasteiger partial charge on any atom is -0.351 e. The first-order chi connectivity index (χ1) is 14.6. The summed E-state index contributed by atoms with van der Waals surface area (Å²) in [5, 5.41) is 3.14. The van der Waals surface area contributed by atoms with Crippen LogP contribution in [-0.4, -0.2) is 64.1 Å². The molecule has 4 rings (SSSR count). The lowest BCUT2D eigenvalue weighted by Gasteiger charge is -2.20. The lowest BCUT2D eigenvalue weighted by molar-refractivity contribution is -0.121. The van der Waals surface area contributed by atoms with Gasteiger partial charge in [-0.2, -0.15) is 4.99 Å². The molecule has 8 heteroatoms. The fourth-order valence-corrected chi connectivity index (χ4v) is 5.20. The summed E-state index contributed by atoms with van der Waals surface area (Å²) in [7, 11) is 0. The number of carbonyl (C=O) groups excluding carboxylic acids is 3. The number of anilines is 1. The third-order valence-corrected chi connectivity index (χ3v) is 7.00. The molecular weight excluding hydrogens is 400 g/mol. The number of hydrogen-bond donors (Lipinski definition) is 1. The summed E-state index contributed by atoms with van der Waals surface area (Å²) in [5.41, 5.74) is 1.27. The first kappa shape index (κ1) is 20.9. The Morgan fingerprint density at radius 2 is 1.60 bits per heavy atom. The smallest absolute Gasteiger partial charge is 0.262 e. The van der Waals surface area contributed by atoms with Gasteiger partial charge in [-0.05, 0) is 49.9 Å². The van der Waals surface area contributed by atoms with Gasteiger partial charge in [0.05, 0.1) is 0 Å². The predicted octanol–water partition coefficient (Wildman–Crippen LogP) is 3.13. The van der Waals surface area contributed by atoms with Crippen molar-refractivity contribution in [2.45, 2.75) is 50.2 Å². The molecule has 7 nitrogen and oxygen atoms in total. The minimum atomic E-state index is -0.454. The molecule has 0 saturated carbocycles. The van der Waals surface area contributed by atoms with Crippen molar-refractivity contribution in [1.82, 2.24) is 9.80 Å². The van der Waals surface area contributed by atoms with Crippen LogP contribution in [0, 0.1) is 0 Å². The van der Waals surface area contributed by atoms with E-state index in [-0.39, 0.29) is 24.1 Å². The standard InChI is InChI=1S/C22H28N4O3S/c27-19(15-18-20(28)24-22(30-18)26-13-5-6-14-26)23-17-9-7-16(8-10-17)21(29)25-11-3-1-2-4-12-25/h7-10,18H,1-6,11-15H2,(H,23,27). The van der Waals surface area contributed by atoms with E-state index in [1.165, 1.54) is 24.6 Å². The van der Waals surface area contributed by atoms with E-state index in [2.05, 4.69) is 15.2 Å². The van der Waals surface area contributed by atoms with Crippen LogP contribution in [0.1, 0.15) is 55.3 Å². The third kappa shape index (κ3) is 5.03. The monoisotopic (exact) mass is 428 g/mol. The van der Waals surface area contributed by atoms with Gasteiger partial charge in [-0.1, -0.05) is 24.6 Å². The molecule has 1 unspecified atom stereocenters. The molecule has 0 radical (unpaired) electrons. The molecule has 3 aliphatic rings. The first-order valence-electron chi connectivity index (χ1n) is 10.8. The van der Waals surface area contributed by atoms with Crippen molar-refractivity contribution in [3.8, 4) is 0 Å². The van der Waals surface area contributed by atoms with Crippen molar-refractivity contribution >= 4 is 40.3 Å². The van der Waals surface area contributed by atoms with E-state index in [9.17, 15) is 14.4 Å². The average Bonchev–Trinajstić information content (AvgIpc) is 3.31. The number of nitrogens with one attached hydrogen (secondary N) is 1. The van der Waals surface area contributed by atoms with E-state index in [1.54, 1.807) is 24.3 Å². The summed E-state index contributed by atoms with van der Waals surface area (Å²) in [4.78, 5) is 45.5. The molecule has 1 aromatic carbocycles. The van der Waals surface area contributed by atoms with Crippen molar-refractivity contribution in [2.75, 3.05) is 31.5 Å². The molecule has 1 aromatic rings. The fourth-order valence-electron chi connectivity index (χ4n) is 4.09. The molecule has 3 heterocycles. The summed E-state index contributed by atoms with van der Waals surface area (Å²) in [5.74, 6) is -0.393. The van der Waals surface area contributed by atoms with Gasteiger partial charge in [-0.15, -0.1) is 0 Å². The number of aliphatic imine (C=N–C) groups is 1. The van der Waals surface area contributed by atoms with Crippen LogP contribution >= 0.6 is 11.8 Å². The summed E-state index contributed by atoms with van der Waals surface area (Å²) in [6, 6.07) is 7.01. The van der Waals surface area contributed by atoms with E-state index in [4.69, 9.17) is 0 Å². The number of hydrogen-bond acceptors (Lipinski definition) is 5. The van der Waals surface area contributed by atoms with Gasteiger partial charge in [0.2, 0.25) is 5.91 Å². The number of rotatable bonds is 4. The number of carbonyl (C=O) groups is 3. The van der Waals surface area contributed by atoms with Crippen LogP contribution in [0.4, 0.5) is 5.69 Å². The molecule has 3 aliphatic heterocycles. The molecule has 0 aliphatic carbocycles. The highest BCUT2D eigenvalue weighted by atomic mass is 32.2. The lowest BCUT2D eigenvalue weighted by Crippen LogP contribution is -2.31. The molecule has 2 saturated heterocycles. The number of nitrogens with zero attached hydrogens (tertiary/aromatic N) is 3. The number of amides is 3. The van der Waals surface area contributed by atoms with E-state index in [1.807, 2.05) is 4.90 Å². The van der Waals surface area contributed by atoms with Crippen LogP contribution < -0.4 is 5.32 Å². The van der Waals surface area contributed by atoms with Crippen LogP contribution in [0.3, 0.4) is 0 Å². The van der Waals surface area contributed by atoms with E-state index < -0.39 is 5.25 Å². The van der Waals surface area contributed by atoms with Gasteiger partial charge in [0.25, 0.3) is 11.8 Å². The number of amidine groups is 1. The Hall–Kier alpha value is -2.35. The van der Waals surface area contributed by atoms with Gasteiger partial charge in [-0.25, -0.2) is 0 Å².